The predicted octanol–water partition coefficient (Wildman–Crippen LogP) is 3.32. The van der Waals surface area contributed by atoms with Crippen LogP contribution in [-0.2, 0) is 23.0 Å². The molecule has 6 nitrogen and oxygen atoms in total. The van der Waals surface area contributed by atoms with Crippen LogP contribution in [0.25, 0.3) is 10.9 Å². The first kappa shape index (κ1) is 17.9. The van der Waals surface area contributed by atoms with Crippen LogP contribution in [0.15, 0.2) is 47.4 Å². The molecule has 0 radical (unpaired) electrons. The molecule has 1 N–H and O–H groups in total. The molecule has 1 aliphatic rings. The molecule has 4 rings (SSSR count). The number of fused-ring (bicyclic) bond motifs is 3. The van der Waals surface area contributed by atoms with Gasteiger partial charge in [0.15, 0.2) is 0 Å². The molecule has 0 bridgehead atoms. The van der Waals surface area contributed by atoms with E-state index in [0.717, 1.165) is 22.3 Å². The summed E-state index contributed by atoms with van der Waals surface area (Å²) in [6, 6.07) is 12.5. The van der Waals surface area contributed by atoms with E-state index in [2.05, 4.69) is 4.98 Å². The Bertz CT molecular complexity index is 1070. The van der Waals surface area contributed by atoms with Crippen LogP contribution < -0.4 is 9.47 Å². The molecule has 0 amide bonds. The molecule has 0 saturated carbocycles. The maximum atomic E-state index is 13.0. The molecule has 0 atom stereocenters. The summed E-state index contributed by atoms with van der Waals surface area (Å²) in [5.41, 5.74) is 3.11. The van der Waals surface area contributed by atoms with Crippen LogP contribution in [0.1, 0.15) is 18.2 Å². The first-order chi connectivity index (χ1) is 13.0. The highest BCUT2D eigenvalue weighted by molar-refractivity contribution is 7.89. The van der Waals surface area contributed by atoms with Crippen molar-refractivity contribution in [1.82, 2.24) is 9.29 Å². The van der Waals surface area contributed by atoms with Gasteiger partial charge in [-0.05, 0) is 61.4 Å². The minimum absolute atomic E-state index is 0.284. The van der Waals surface area contributed by atoms with Crippen LogP contribution in [0.2, 0.25) is 0 Å². The Morgan fingerprint density at radius 1 is 1.11 bits per heavy atom. The Balaban J connectivity index is 1.63. The fraction of sp³-hybridized carbons (Fsp3) is 0.300. The van der Waals surface area contributed by atoms with E-state index in [-0.39, 0.29) is 4.90 Å². The highest BCUT2D eigenvalue weighted by Crippen LogP contribution is 2.32. The third-order valence-corrected chi connectivity index (χ3v) is 6.78. The van der Waals surface area contributed by atoms with Crippen molar-refractivity contribution in [1.29, 1.82) is 0 Å². The zero-order valence-corrected chi connectivity index (χ0v) is 16.2. The zero-order chi connectivity index (χ0) is 19.0. The molecule has 27 heavy (non-hydrogen) atoms. The Morgan fingerprint density at radius 3 is 2.56 bits per heavy atom. The monoisotopic (exact) mass is 386 g/mol. The average Bonchev–Trinajstić information content (AvgIpc) is 3.05. The topological polar surface area (TPSA) is 71.6 Å². The molecule has 0 spiro atoms. The van der Waals surface area contributed by atoms with E-state index in [1.807, 2.05) is 25.1 Å². The van der Waals surface area contributed by atoms with Gasteiger partial charge in [-0.15, -0.1) is 0 Å². The number of sulfonamides is 1. The van der Waals surface area contributed by atoms with E-state index in [9.17, 15) is 8.42 Å². The lowest BCUT2D eigenvalue weighted by molar-refractivity contribution is 0.340. The second kappa shape index (κ2) is 6.90. The molecule has 0 aliphatic carbocycles. The van der Waals surface area contributed by atoms with Gasteiger partial charge in [0.1, 0.15) is 11.5 Å². The maximum Gasteiger partial charge on any atom is 0.243 e. The minimum atomic E-state index is -3.55. The van der Waals surface area contributed by atoms with Crippen molar-refractivity contribution in [3.05, 3.63) is 53.7 Å². The van der Waals surface area contributed by atoms with Gasteiger partial charge in [-0.1, -0.05) is 0 Å². The van der Waals surface area contributed by atoms with Gasteiger partial charge in [0, 0.05) is 23.1 Å². The minimum Gasteiger partial charge on any atom is -0.497 e. The SMILES string of the molecule is CCOc1ccc(S(=O)(=O)N2CCc3c([nH]c4ccc(OC)cc34)C2)cc1. The molecule has 3 aromatic rings. The zero-order valence-electron chi connectivity index (χ0n) is 15.4. The van der Waals surface area contributed by atoms with Crippen molar-refractivity contribution >= 4 is 20.9 Å². The van der Waals surface area contributed by atoms with E-state index in [1.165, 1.54) is 9.87 Å². The largest absolute Gasteiger partial charge is 0.497 e. The highest BCUT2D eigenvalue weighted by atomic mass is 32.2. The number of ether oxygens (including phenoxy) is 2. The fourth-order valence-corrected chi connectivity index (χ4v) is 4.96. The number of methoxy groups -OCH3 is 1. The number of benzene rings is 2. The Morgan fingerprint density at radius 2 is 1.85 bits per heavy atom. The van der Waals surface area contributed by atoms with Crippen molar-refractivity contribution in [3.63, 3.8) is 0 Å². The molecule has 142 valence electrons. The second-order valence-electron chi connectivity index (χ2n) is 6.49. The van der Waals surface area contributed by atoms with Crippen LogP contribution in [0.4, 0.5) is 0 Å². The van der Waals surface area contributed by atoms with E-state index >= 15 is 0 Å². The lowest BCUT2D eigenvalue weighted by atomic mass is 10.0. The van der Waals surface area contributed by atoms with Gasteiger partial charge in [0.05, 0.1) is 25.2 Å². The Hall–Kier alpha value is -2.51. The third-order valence-electron chi connectivity index (χ3n) is 4.92. The number of rotatable bonds is 5. The van der Waals surface area contributed by atoms with Gasteiger partial charge in [-0.25, -0.2) is 8.42 Å². The van der Waals surface area contributed by atoms with E-state index < -0.39 is 10.0 Å². The number of hydrogen-bond donors (Lipinski definition) is 1. The number of aromatic nitrogens is 1. The summed E-state index contributed by atoms with van der Waals surface area (Å²) in [4.78, 5) is 3.65. The van der Waals surface area contributed by atoms with Crippen LogP contribution in [0.5, 0.6) is 11.5 Å². The Labute approximate surface area is 158 Å². The van der Waals surface area contributed by atoms with Crippen LogP contribution in [0.3, 0.4) is 0 Å². The van der Waals surface area contributed by atoms with Crippen LogP contribution in [-0.4, -0.2) is 38.0 Å². The summed E-state index contributed by atoms with van der Waals surface area (Å²) in [7, 11) is -1.91. The molecule has 0 saturated heterocycles. The summed E-state index contributed by atoms with van der Waals surface area (Å²) >= 11 is 0. The molecule has 2 aromatic carbocycles. The molecule has 0 unspecified atom stereocenters. The lowest BCUT2D eigenvalue weighted by Gasteiger charge is -2.26. The van der Waals surface area contributed by atoms with Gasteiger partial charge in [-0.2, -0.15) is 4.31 Å². The molecule has 1 aromatic heterocycles. The average molecular weight is 386 g/mol. The van der Waals surface area contributed by atoms with Gasteiger partial charge >= 0.3 is 0 Å². The van der Waals surface area contributed by atoms with Gasteiger partial charge in [0.25, 0.3) is 0 Å². The third kappa shape index (κ3) is 3.17. The summed E-state index contributed by atoms with van der Waals surface area (Å²) < 4.78 is 38.3. The van der Waals surface area contributed by atoms with E-state index in [0.29, 0.717) is 31.9 Å². The highest BCUT2D eigenvalue weighted by Gasteiger charge is 2.30. The summed E-state index contributed by atoms with van der Waals surface area (Å²) in [5, 5.41) is 1.10. The quantitative estimate of drug-likeness (QED) is 0.730. The molecule has 0 fully saturated rings. The molecule has 2 heterocycles. The smallest absolute Gasteiger partial charge is 0.243 e. The van der Waals surface area contributed by atoms with Gasteiger partial charge in [-0.3, -0.25) is 0 Å². The van der Waals surface area contributed by atoms with Gasteiger partial charge < -0.3 is 14.5 Å². The number of aromatic amines is 1. The lowest BCUT2D eigenvalue weighted by Crippen LogP contribution is -2.35. The standard InChI is InChI=1S/C20H22N2O4S/c1-3-26-14-4-7-16(8-5-14)27(23,24)22-11-10-17-18-12-15(25-2)6-9-19(18)21-20(17)13-22/h4-9,12,21H,3,10-11,13H2,1-2H3. The number of nitrogens with one attached hydrogen (secondary N) is 1. The number of hydrogen-bond acceptors (Lipinski definition) is 4. The van der Waals surface area contributed by atoms with Crippen molar-refractivity contribution in [2.24, 2.45) is 0 Å². The second-order valence-corrected chi connectivity index (χ2v) is 8.42. The normalized spacial score (nSPS) is 14.9. The maximum absolute atomic E-state index is 13.0. The van der Waals surface area contributed by atoms with Crippen molar-refractivity contribution in [3.8, 4) is 11.5 Å². The van der Waals surface area contributed by atoms with Crippen LogP contribution >= 0.6 is 0 Å². The van der Waals surface area contributed by atoms with E-state index in [4.69, 9.17) is 9.47 Å². The number of H-pyrrole nitrogens is 1. The first-order valence-corrected chi connectivity index (χ1v) is 10.4. The Kier molecular flexibility index (Phi) is 4.57. The summed E-state index contributed by atoms with van der Waals surface area (Å²) in [6.45, 7) is 3.23. The summed E-state index contributed by atoms with van der Waals surface area (Å²) in [6.07, 6.45) is 0.665. The van der Waals surface area contributed by atoms with Crippen LogP contribution in [0, 0.1) is 0 Å². The molecule has 1 aliphatic heterocycles. The van der Waals surface area contributed by atoms with Crippen molar-refractivity contribution < 1.29 is 17.9 Å². The molecular weight excluding hydrogens is 364 g/mol. The number of nitrogens with zero attached hydrogens (tertiary/aromatic N) is 1. The van der Waals surface area contributed by atoms with Crippen molar-refractivity contribution in [2.45, 2.75) is 24.8 Å². The fourth-order valence-electron chi connectivity index (χ4n) is 3.55. The molecule has 7 heteroatoms. The van der Waals surface area contributed by atoms with Crippen molar-refractivity contribution in [2.75, 3.05) is 20.3 Å². The van der Waals surface area contributed by atoms with E-state index in [1.54, 1.807) is 31.4 Å². The predicted molar refractivity (Wildman–Crippen MR) is 104 cm³/mol. The van der Waals surface area contributed by atoms with Gasteiger partial charge in [0.2, 0.25) is 10.0 Å². The molecular formula is C20H22N2O4S. The summed E-state index contributed by atoms with van der Waals surface area (Å²) in [5.74, 6) is 1.47. The first-order valence-electron chi connectivity index (χ1n) is 8.93.